The summed E-state index contributed by atoms with van der Waals surface area (Å²) in [5.74, 6) is 0. The molecule has 130 valence electrons. The van der Waals surface area contributed by atoms with Gasteiger partial charge in [0, 0.05) is 18.5 Å². The molecule has 3 rings (SSSR count). The van der Waals surface area contributed by atoms with E-state index in [0.29, 0.717) is 20.9 Å². The van der Waals surface area contributed by atoms with Crippen LogP contribution in [-0.2, 0) is 13.2 Å². The standard InChI is InChI=1S/C16H12F3N3O2S/c1-3-4-11-10-7-9(5-6-12(10)25-20-11)22-14(23)8-13(16(17,18)19)21(2)15(22)24/h3-8H,1-2H3/b4-3+. The van der Waals surface area contributed by atoms with Gasteiger partial charge in [-0.15, -0.1) is 0 Å². The Bertz CT molecular complexity index is 1110. The fourth-order valence-corrected chi connectivity index (χ4v) is 3.24. The first-order valence-electron chi connectivity index (χ1n) is 7.17. The smallest absolute Gasteiger partial charge is 0.292 e. The van der Waals surface area contributed by atoms with Crippen LogP contribution in [0.5, 0.6) is 0 Å². The highest BCUT2D eigenvalue weighted by molar-refractivity contribution is 7.13. The summed E-state index contributed by atoms with van der Waals surface area (Å²) in [6, 6.07) is 5.18. The third kappa shape index (κ3) is 2.91. The summed E-state index contributed by atoms with van der Waals surface area (Å²) in [5, 5.41) is 0.717. The zero-order valence-corrected chi connectivity index (χ0v) is 14.0. The second-order valence-corrected chi connectivity index (χ2v) is 6.10. The zero-order valence-electron chi connectivity index (χ0n) is 13.2. The van der Waals surface area contributed by atoms with Crippen molar-refractivity contribution in [3.05, 3.63) is 62.6 Å². The molecule has 2 heterocycles. The molecule has 9 heteroatoms. The molecule has 0 bridgehead atoms. The number of nitrogens with zero attached hydrogens (tertiary/aromatic N) is 3. The minimum absolute atomic E-state index is 0.192. The summed E-state index contributed by atoms with van der Waals surface area (Å²) in [4.78, 5) is 24.5. The predicted molar refractivity (Wildman–Crippen MR) is 90.2 cm³/mol. The van der Waals surface area contributed by atoms with Crippen molar-refractivity contribution in [2.75, 3.05) is 0 Å². The van der Waals surface area contributed by atoms with Crippen LogP contribution in [0.15, 0.2) is 39.9 Å². The van der Waals surface area contributed by atoms with Crippen LogP contribution in [0.1, 0.15) is 18.3 Å². The Morgan fingerprint density at radius 3 is 2.56 bits per heavy atom. The number of fused-ring (bicyclic) bond motifs is 1. The van der Waals surface area contributed by atoms with E-state index < -0.39 is 23.1 Å². The van der Waals surface area contributed by atoms with E-state index in [1.165, 1.54) is 17.6 Å². The molecular weight excluding hydrogens is 355 g/mol. The third-order valence-corrected chi connectivity index (χ3v) is 4.52. The fraction of sp³-hybridized carbons (Fsp3) is 0.188. The fourth-order valence-electron chi connectivity index (χ4n) is 2.50. The molecular formula is C16H12F3N3O2S. The molecule has 0 aliphatic heterocycles. The lowest BCUT2D eigenvalue weighted by atomic mass is 10.2. The number of rotatable bonds is 2. The summed E-state index contributed by atoms with van der Waals surface area (Å²) in [5.41, 5.74) is -2.52. The van der Waals surface area contributed by atoms with E-state index in [1.54, 1.807) is 24.3 Å². The molecule has 0 N–H and O–H groups in total. The van der Waals surface area contributed by atoms with Crippen molar-refractivity contribution in [1.29, 1.82) is 0 Å². The molecule has 0 unspecified atom stereocenters. The molecule has 0 saturated carbocycles. The van der Waals surface area contributed by atoms with Gasteiger partial charge in [-0.25, -0.2) is 9.36 Å². The van der Waals surface area contributed by atoms with E-state index in [0.717, 1.165) is 17.1 Å². The maximum absolute atomic E-state index is 12.9. The second-order valence-electron chi connectivity index (χ2n) is 5.29. The van der Waals surface area contributed by atoms with Crippen LogP contribution in [0.4, 0.5) is 13.2 Å². The van der Waals surface area contributed by atoms with Gasteiger partial charge in [-0.05, 0) is 42.7 Å². The molecule has 0 fully saturated rings. The average molecular weight is 367 g/mol. The van der Waals surface area contributed by atoms with Gasteiger partial charge >= 0.3 is 11.9 Å². The Balaban J connectivity index is 2.29. The van der Waals surface area contributed by atoms with Crippen LogP contribution in [0.3, 0.4) is 0 Å². The van der Waals surface area contributed by atoms with Gasteiger partial charge < -0.3 is 0 Å². The van der Waals surface area contributed by atoms with Crippen LogP contribution in [0.2, 0.25) is 0 Å². The van der Waals surface area contributed by atoms with E-state index >= 15 is 0 Å². The molecule has 0 atom stereocenters. The normalized spacial score (nSPS) is 12.4. The van der Waals surface area contributed by atoms with Crippen LogP contribution >= 0.6 is 11.5 Å². The van der Waals surface area contributed by atoms with Crippen molar-refractivity contribution in [2.24, 2.45) is 7.05 Å². The lowest BCUT2D eigenvalue weighted by molar-refractivity contribution is -0.144. The monoisotopic (exact) mass is 367 g/mol. The second kappa shape index (κ2) is 5.99. The number of benzene rings is 1. The van der Waals surface area contributed by atoms with Crippen molar-refractivity contribution in [3.8, 4) is 5.69 Å². The maximum atomic E-state index is 12.9. The van der Waals surface area contributed by atoms with Crippen LogP contribution in [0, 0.1) is 0 Å². The van der Waals surface area contributed by atoms with Gasteiger partial charge in [-0.3, -0.25) is 9.36 Å². The largest absolute Gasteiger partial charge is 0.431 e. The van der Waals surface area contributed by atoms with Crippen LogP contribution in [-0.4, -0.2) is 13.5 Å². The van der Waals surface area contributed by atoms with E-state index in [2.05, 4.69) is 4.37 Å². The Morgan fingerprint density at radius 1 is 1.20 bits per heavy atom. The summed E-state index contributed by atoms with van der Waals surface area (Å²) >= 11 is 1.25. The summed E-state index contributed by atoms with van der Waals surface area (Å²) in [7, 11) is 0.983. The Morgan fingerprint density at radius 2 is 1.92 bits per heavy atom. The topological polar surface area (TPSA) is 56.9 Å². The van der Waals surface area contributed by atoms with Gasteiger partial charge in [0.25, 0.3) is 5.56 Å². The molecule has 2 aromatic heterocycles. The van der Waals surface area contributed by atoms with Crippen molar-refractivity contribution in [2.45, 2.75) is 13.1 Å². The highest BCUT2D eigenvalue weighted by Crippen LogP contribution is 2.28. The molecule has 0 aliphatic carbocycles. The third-order valence-electron chi connectivity index (χ3n) is 3.67. The van der Waals surface area contributed by atoms with E-state index in [9.17, 15) is 22.8 Å². The summed E-state index contributed by atoms with van der Waals surface area (Å²) < 4.78 is 45.0. The number of allylic oxidation sites excluding steroid dienone is 1. The number of hydrogen-bond acceptors (Lipinski definition) is 4. The summed E-state index contributed by atoms with van der Waals surface area (Å²) in [6.07, 6.45) is -1.22. The molecule has 0 aliphatic rings. The zero-order chi connectivity index (χ0) is 18.4. The van der Waals surface area contributed by atoms with E-state index in [4.69, 9.17) is 0 Å². The number of aromatic nitrogens is 3. The summed E-state index contributed by atoms with van der Waals surface area (Å²) in [6.45, 7) is 1.82. The Hall–Kier alpha value is -2.68. The first-order valence-corrected chi connectivity index (χ1v) is 7.94. The van der Waals surface area contributed by atoms with Gasteiger partial charge in [0.05, 0.1) is 16.1 Å². The first-order chi connectivity index (χ1) is 11.7. The molecule has 0 amide bonds. The number of hydrogen-bond donors (Lipinski definition) is 0. The molecule has 3 aromatic rings. The number of alkyl halides is 3. The van der Waals surface area contributed by atoms with Gasteiger partial charge in [0.1, 0.15) is 5.69 Å². The Kier molecular flexibility index (Phi) is 4.11. The van der Waals surface area contributed by atoms with Crippen molar-refractivity contribution in [1.82, 2.24) is 13.5 Å². The first kappa shape index (κ1) is 17.2. The van der Waals surface area contributed by atoms with Gasteiger partial charge in [-0.1, -0.05) is 6.08 Å². The van der Waals surface area contributed by atoms with Crippen molar-refractivity contribution >= 4 is 27.7 Å². The van der Waals surface area contributed by atoms with Gasteiger partial charge in [-0.2, -0.15) is 17.5 Å². The number of halogens is 3. The lowest BCUT2D eigenvalue weighted by Crippen LogP contribution is -2.40. The van der Waals surface area contributed by atoms with Crippen molar-refractivity contribution in [3.63, 3.8) is 0 Å². The molecule has 0 radical (unpaired) electrons. The predicted octanol–water partition coefficient (Wildman–Crippen LogP) is 3.20. The van der Waals surface area contributed by atoms with Crippen LogP contribution in [0.25, 0.3) is 21.8 Å². The highest BCUT2D eigenvalue weighted by Gasteiger charge is 2.35. The van der Waals surface area contributed by atoms with Gasteiger partial charge in [0.15, 0.2) is 0 Å². The lowest BCUT2D eigenvalue weighted by Gasteiger charge is -2.13. The van der Waals surface area contributed by atoms with E-state index in [1.807, 2.05) is 6.92 Å². The minimum Gasteiger partial charge on any atom is -0.292 e. The SMILES string of the molecule is C/C=C/c1nsc2ccc(-n3c(=O)cc(C(F)(F)F)n(C)c3=O)cc12. The maximum Gasteiger partial charge on any atom is 0.431 e. The average Bonchev–Trinajstić information content (AvgIpc) is 2.93. The molecule has 25 heavy (non-hydrogen) atoms. The van der Waals surface area contributed by atoms with Crippen molar-refractivity contribution < 1.29 is 13.2 Å². The Labute approximate surface area is 143 Å². The minimum atomic E-state index is -4.79. The molecule has 5 nitrogen and oxygen atoms in total. The quantitative estimate of drug-likeness (QED) is 0.699. The van der Waals surface area contributed by atoms with E-state index in [-0.39, 0.29) is 5.69 Å². The molecule has 0 saturated heterocycles. The molecule has 0 spiro atoms. The highest BCUT2D eigenvalue weighted by atomic mass is 32.1. The molecule has 1 aromatic carbocycles. The van der Waals surface area contributed by atoms with Gasteiger partial charge in [0.2, 0.25) is 0 Å². The van der Waals surface area contributed by atoms with Crippen LogP contribution < -0.4 is 11.2 Å².